The smallest absolute Gasteiger partial charge is 0.0111 e. The van der Waals surface area contributed by atoms with Crippen molar-refractivity contribution in [2.45, 2.75) is 51.6 Å². The van der Waals surface area contributed by atoms with Gasteiger partial charge in [-0.1, -0.05) is 13.8 Å². The van der Waals surface area contributed by atoms with Crippen LogP contribution in [-0.2, 0) is 0 Å². The van der Waals surface area contributed by atoms with Crippen LogP contribution >= 0.6 is 0 Å². The lowest BCUT2D eigenvalue weighted by atomic mass is 9.78. The fraction of sp³-hybridized carbons (Fsp3) is 1.00. The second kappa shape index (κ2) is 3.25. The summed E-state index contributed by atoms with van der Waals surface area (Å²) in [5, 5.41) is 0. The number of nitrogens with two attached hydrogens (primary N) is 1. The van der Waals surface area contributed by atoms with Gasteiger partial charge in [-0.15, -0.1) is 0 Å². The minimum Gasteiger partial charge on any atom is -0.328 e. The van der Waals surface area contributed by atoms with Gasteiger partial charge in [0, 0.05) is 25.2 Å². The minimum absolute atomic E-state index is 0.485. The molecule has 13 heavy (non-hydrogen) atoms. The lowest BCUT2D eigenvalue weighted by Crippen LogP contribution is -2.57. The van der Waals surface area contributed by atoms with E-state index in [4.69, 9.17) is 5.73 Å². The molecule has 1 aliphatic heterocycles. The first-order valence-electron chi connectivity index (χ1n) is 5.62. The van der Waals surface area contributed by atoms with E-state index in [9.17, 15) is 0 Å². The molecule has 0 aromatic carbocycles. The quantitative estimate of drug-likeness (QED) is 0.703. The van der Waals surface area contributed by atoms with Crippen LogP contribution in [0.1, 0.15) is 39.5 Å². The molecular formula is C11H22N2. The van der Waals surface area contributed by atoms with Crippen molar-refractivity contribution in [3.8, 4) is 0 Å². The second-order valence-electron chi connectivity index (χ2n) is 5.30. The topological polar surface area (TPSA) is 29.3 Å². The van der Waals surface area contributed by atoms with Crippen LogP contribution in [0.3, 0.4) is 0 Å². The van der Waals surface area contributed by atoms with Gasteiger partial charge in [-0.2, -0.15) is 0 Å². The van der Waals surface area contributed by atoms with E-state index in [1.807, 2.05) is 0 Å². The molecule has 2 rings (SSSR count). The molecule has 2 unspecified atom stereocenters. The molecule has 76 valence electrons. The Kier molecular flexibility index (Phi) is 2.37. The molecule has 1 saturated carbocycles. The molecule has 1 heterocycles. The lowest BCUT2D eigenvalue weighted by molar-refractivity contribution is -0.0195. The first kappa shape index (κ1) is 9.47. The van der Waals surface area contributed by atoms with Crippen molar-refractivity contribution < 1.29 is 0 Å². The van der Waals surface area contributed by atoms with Gasteiger partial charge in [0.05, 0.1) is 0 Å². The number of rotatable bonds is 2. The van der Waals surface area contributed by atoms with Crippen molar-refractivity contribution in [1.82, 2.24) is 4.90 Å². The molecule has 0 bridgehead atoms. The third kappa shape index (κ3) is 1.75. The van der Waals surface area contributed by atoms with Crippen LogP contribution in [0.4, 0.5) is 0 Å². The molecule has 2 N–H and O–H groups in total. The Balaban J connectivity index is 1.80. The predicted octanol–water partition coefficient (Wildman–Crippen LogP) is 1.60. The van der Waals surface area contributed by atoms with Crippen molar-refractivity contribution in [2.75, 3.05) is 13.1 Å². The number of hydrogen-bond acceptors (Lipinski definition) is 2. The van der Waals surface area contributed by atoms with E-state index >= 15 is 0 Å². The Hall–Kier alpha value is -0.0800. The zero-order chi connectivity index (χ0) is 9.47. The van der Waals surface area contributed by atoms with Crippen LogP contribution in [0.15, 0.2) is 0 Å². The van der Waals surface area contributed by atoms with Crippen molar-refractivity contribution in [3.63, 3.8) is 0 Å². The second-order valence-corrected chi connectivity index (χ2v) is 5.30. The molecule has 2 aliphatic rings. The fourth-order valence-corrected chi connectivity index (χ4v) is 2.74. The predicted molar refractivity (Wildman–Crippen MR) is 55.6 cm³/mol. The molecule has 1 saturated heterocycles. The van der Waals surface area contributed by atoms with Crippen molar-refractivity contribution in [1.29, 1.82) is 0 Å². The van der Waals surface area contributed by atoms with Gasteiger partial charge >= 0.3 is 0 Å². The summed E-state index contributed by atoms with van der Waals surface area (Å²) < 4.78 is 0. The highest BCUT2D eigenvalue weighted by molar-refractivity contribution is 4.96. The van der Waals surface area contributed by atoms with E-state index in [0.29, 0.717) is 11.5 Å². The molecule has 2 nitrogen and oxygen atoms in total. The van der Waals surface area contributed by atoms with E-state index in [2.05, 4.69) is 18.7 Å². The van der Waals surface area contributed by atoms with E-state index in [-0.39, 0.29) is 0 Å². The maximum absolute atomic E-state index is 5.92. The summed E-state index contributed by atoms with van der Waals surface area (Å²) in [7, 11) is 0. The summed E-state index contributed by atoms with van der Waals surface area (Å²) in [6, 6.07) is 1.30. The molecule has 2 fully saturated rings. The average Bonchev–Trinajstić information content (AvgIpc) is 2.46. The van der Waals surface area contributed by atoms with Gasteiger partial charge in [0.25, 0.3) is 0 Å². The van der Waals surface area contributed by atoms with E-state index in [0.717, 1.165) is 6.04 Å². The van der Waals surface area contributed by atoms with Crippen LogP contribution in [-0.4, -0.2) is 30.1 Å². The monoisotopic (exact) mass is 182 g/mol. The summed E-state index contributed by atoms with van der Waals surface area (Å²) in [6.07, 6.45) is 5.13. The van der Waals surface area contributed by atoms with Crippen molar-refractivity contribution >= 4 is 0 Å². The Morgan fingerprint density at radius 3 is 2.54 bits per heavy atom. The lowest BCUT2D eigenvalue weighted by Gasteiger charge is -2.51. The van der Waals surface area contributed by atoms with E-state index < -0.39 is 0 Å². The summed E-state index contributed by atoms with van der Waals surface area (Å²) in [4.78, 5) is 2.64. The van der Waals surface area contributed by atoms with Gasteiger partial charge in [-0.25, -0.2) is 0 Å². The summed E-state index contributed by atoms with van der Waals surface area (Å²) in [5.41, 5.74) is 6.53. The Bertz CT molecular complexity index is 185. The van der Waals surface area contributed by atoms with Crippen LogP contribution < -0.4 is 5.73 Å². The van der Waals surface area contributed by atoms with Gasteiger partial charge in [0.15, 0.2) is 0 Å². The number of hydrogen-bond donors (Lipinski definition) is 1. The molecule has 0 spiro atoms. The minimum atomic E-state index is 0.485. The zero-order valence-electron chi connectivity index (χ0n) is 8.92. The van der Waals surface area contributed by atoms with Gasteiger partial charge in [-0.3, -0.25) is 4.90 Å². The van der Waals surface area contributed by atoms with Crippen molar-refractivity contribution in [3.05, 3.63) is 0 Å². The third-order valence-corrected chi connectivity index (χ3v) is 3.99. The molecular weight excluding hydrogens is 160 g/mol. The normalized spacial score (nSPS) is 39.0. The molecule has 0 aromatic rings. The number of likely N-dealkylation sites (tertiary alicyclic amines) is 1. The largest absolute Gasteiger partial charge is 0.328 e. The maximum Gasteiger partial charge on any atom is 0.0111 e. The molecule has 2 atom stereocenters. The van der Waals surface area contributed by atoms with Crippen LogP contribution in [0.25, 0.3) is 0 Å². The Morgan fingerprint density at radius 1 is 1.38 bits per heavy atom. The van der Waals surface area contributed by atoms with E-state index in [1.165, 1.54) is 38.8 Å². The van der Waals surface area contributed by atoms with Gasteiger partial charge in [0.2, 0.25) is 0 Å². The summed E-state index contributed by atoms with van der Waals surface area (Å²) >= 11 is 0. The highest BCUT2D eigenvalue weighted by Crippen LogP contribution is 2.37. The highest BCUT2D eigenvalue weighted by Gasteiger charge is 2.41. The summed E-state index contributed by atoms with van der Waals surface area (Å²) in [6.45, 7) is 7.32. The molecule has 0 amide bonds. The summed E-state index contributed by atoms with van der Waals surface area (Å²) in [5.74, 6) is 0. The van der Waals surface area contributed by atoms with Gasteiger partial charge in [0.1, 0.15) is 0 Å². The van der Waals surface area contributed by atoms with Crippen molar-refractivity contribution in [2.24, 2.45) is 11.1 Å². The Labute approximate surface area is 81.5 Å². The molecule has 0 radical (unpaired) electrons. The molecule has 1 aliphatic carbocycles. The van der Waals surface area contributed by atoms with Gasteiger partial charge in [-0.05, 0) is 31.1 Å². The van der Waals surface area contributed by atoms with Crippen LogP contribution in [0, 0.1) is 5.41 Å². The first-order valence-corrected chi connectivity index (χ1v) is 5.62. The maximum atomic E-state index is 5.92. The zero-order valence-corrected chi connectivity index (χ0v) is 8.92. The fourth-order valence-electron chi connectivity index (χ4n) is 2.74. The van der Waals surface area contributed by atoms with Crippen LogP contribution in [0.5, 0.6) is 0 Å². The van der Waals surface area contributed by atoms with E-state index in [1.54, 1.807) is 0 Å². The van der Waals surface area contributed by atoms with Crippen LogP contribution in [0.2, 0.25) is 0 Å². The molecule has 2 heteroatoms. The SMILES string of the molecule is CCC1(C)CN(C2CCC(N)C2)C1. The molecule has 0 aromatic heterocycles. The highest BCUT2D eigenvalue weighted by atomic mass is 15.2. The third-order valence-electron chi connectivity index (χ3n) is 3.99. The number of nitrogens with zero attached hydrogens (tertiary/aromatic N) is 1. The standard InChI is InChI=1S/C11H22N2/c1-3-11(2)7-13(8-11)10-5-4-9(12)6-10/h9-10H,3-8,12H2,1-2H3. The Morgan fingerprint density at radius 2 is 2.08 bits per heavy atom. The first-order chi connectivity index (χ1) is 6.13. The van der Waals surface area contributed by atoms with Gasteiger partial charge < -0.3 is 5.73 Å². The average molecular weight is 182 g/mol.